The number of rotatable bonds is 4. The maximum atomic E-state index is 14.2. The predicted octanol–water partition coefficient (Wildman–Crippen LogP) is 4.12. The van der Waals surface area contributed by atoms with Crippen LogP contribution in [0.2, 0.25) is 0 Å². The Bertz CT molecular complexity index is 899. The van der Waals surface area contributed by atoms with Crippen molar-refractivity contribution in [2.45, 2.75) is 20.8 Å². The molecular weight excluding hydrogens is 366 g/mol. The molecule has 0 unspecified atom stereocenters. The minimum atomic E-state index is -3.44. The predicted molar refractivity (Wildman–Crippen MR) is 112 cm³/mol. The normalized spacial score (nSPS) is 10.9. The van der Waals surface area contributed by atoms with Crippen LogP contribution in [-0.2, 0) is 4.57 Å². The molecule has 3 aromatic rings. The van der Waals surface area contributed by atoms with Crippen molar-refractivity contribution in [2.24, 2.45) is 0 Å². The van der Waals surface area contributed by atoms with E-state index in [0.29, 0.717) is 16.2 Å². The van der Waals surface area contributed by atoms with E-state index in [-0.39, 0.29) is 56.9 Å². The summed E-state index contributed by atoms with van der Waals surface area (Å²) in [4.78, 5) is 13.6. The van der Waals surface area contributed by atoms with Crippen LogP contribution in [0.15, 0.2) is 72.8 Å². The van der Waals surface area contributed by atoms with Crippen LogP contribution in [0.25, 0.3) is 0 Å². The summed E-state index contributed by atoms with van der Waals surface area (Å²) in [5, 5.41) is 1.15. The van der Waals surface area contributed by atoms with E-state index in [2.05, 4.69) is 0 Å². The van der Waals surface area contributed by atoms with Crippen molar-refractivity contribution in [3.63, 3.8) is 0 Å². The number of carbonyl (C=O) groups excluding carboxylic acids is 1. The molecule has 4 heteroatoms. The topological polar surface area (TPSA) is 34.1 Å². The molecular formula is C22H22KO2P. The summed E-state index contributed by atoms with van der Waals surface area (Å²) in [5.74, 6) is 0. The molecule has 0 atom stereocenters. The van der Waals surface area contributed by atoms with Crippen molar-refractivity contribution in [1.82, 2.24) is 0 Å². The molecule has 0 heterocycles. The van der Waals surface area contributed by atoms with Crippen molar-refractivity contribution in [3.8, 4) is 0 Å². The van der Waals surface area contributed by atoms with Crippen LogP contribution in [0.5, 0.6) is 0 Å². The van der Waals surface area contributed by atoms with Gasteiger partial charge in [-0.3, -0.25) is 4.79 Å². The van der Waals surface area contributed by atoms with Gasteiger partial charge in [-0.25, -0.2) is 0 Å². The zero-order chi connectivity index (χ0) is 18.0. The first-order chi connectivity index (χ1) is 11.9. The molecule has 3 aromatic carbocycles. The number of hydrogen-bond acceptors (Lipinski definition) is 2. The quantitative estimate of drug-likeness (QED) is 0.498. The van der Waals surface area contributed by atoms with Crippen LogP contribution in [0.1, 0.15) is 27.0 Å². The van der Waals surface area contributed by atoms with Gasteiger partial charge in [0, 0.05) is 16.2 Å². The van der Waals surface area contributed by atoms with Crippen molar-refractivity contribution >= 4 is 74.7 Å². The second kappa shape index (κ2) is 8.92. The molecule has 0 fully saturated rings. The summed E-state index contributed by atoms with van der Waals surface area (Å²) in [6.45, 7) is 5.82. The zero-order valence-corrected chi connectivity index (χ0v) is 15.6. The summed E-state index contributed by atoms with van der Waals surface area (Å²) in [6.07, 6.45) is 0. The van der Waals surface area contributed by atoms with E-state index >= 15 is 0 Å². The molecule has 0 aliphatic heterocycles. The summed E-state index contributed by atoms with van der Waals surface area (Å²) >= 11 is 0. The molecule has 128 valence electrons. The van der Waals surface area contributed by atoms with E-state index in [1.165, 1.54) is 0 Å². The van der Waals surface area contributed by atoms with Gasteiger partial charge in [0.05, 0.1) is 0 Å². The third kappa shape index (κ3) is 4.04. The van der Waals surface area contributed by atoms with Gasteiger partial charge in [-0.2, -0.15) is 0 Å². The van der Waals surface area contributed by atoms with Crippen molar-refractivity contribution < 1.29 is 9.36 Å². The van der Waals surface area contributed by atoms with Gasteiger partial charge in [0.15, 0.2) is 0 Å². The van der Waals surface area contributed by atoms with Gasteiger partial charge >= 0.3 is 51.4 Å². The molecule has 0 radical (unpaired) electrons. The molecule has 26 heavy (non-hydrogen) atoms. The first kappa shape index (κ1) is 21.5. The second-order valence-electron chi connectivity index (χ2n) is 6.36. The maximum absolute atomic E-state index is 14.2. The fourth-order valence-electron chi connectivity index (χ4n) is 3.33. The Labute approximate surface area is 197 Å². The van der Waals surface area contributed by atoms with Gasteiger partial charge in [0.1, 0.15) is 0 Å². The number of aryl methyl sites for hydroxylation is 3. The average molecular weight is 388 g/mol. The van der Waals surface area contributed by atoms with Gasteiger partial charge in [0.25, 0.3) is 0 Å². The van der Waals surface area contributed by atoms with Crippen LogP contribution in [0, 0.1) is 20.8 Å². The first-order valence-corrected chi connectivity index (χ1v) is 9.99. The fourth-order valence-corrected chi connectivity index (χ4v) is 5.95. The standard InChI is InChI=1S/C22H21O2P.K.H/c1-16-14-17(2)21(18(3)15-16)22(23)25(24,19-10-6-4-7-11-19)20-12-8-5-9-13-20;;/h4-15H,1-3H3;;. The van der Waals surface area contributed by atoms with Crippen LogP contribution in [0.3, 0.4) is 0 Å². The number of hydrogen-bond donors (Lipinski definition) is 0. The average Bonchev–Trinajstić information content (AvgIpc) is 2.61. The summed E-state index contributed by atoms with van der Waals surface area (Å²) in [7, 11) is -3.44. The van der Waals surface area contributed by atoms with Crippen molar-refractivity contribution in [3.05, 3.63) is 95.1 Å². The monoisotopic (exact) mass is 388 g/mol. The van der Waals surface area contributed by atoms with Gasteiger partial charge in [-0.05, 0) is 31.9 Å². The fraction of sp³-hybridized carbons (Fsp3) is 0.136. The van der Waals surface area contributed by atoms with Crippen LogP contribution in [-0.4, -0.2) is 56.9 Å². The Morgan fingerprint density at radius 1 is 0.731 bits per heavy atom. The minimum absolute atomic E-state index is 0. The molecule has 0 spiro atoms. The third-order valence-corrected chi connectivity index (χ3v) is 7.26. The molecule has 0 aliphatic carbocycles. The number of carbonyl (C=O) groups is 1. The second-order valence-corrected chi connectivity index (χ2v) is 9.02. The summed E-state index contributed by atoms with van der Waals surface area (Å²) in [6, 6.07) is 22.1. The van der Waals surface area contributed by atoms with Gasteiger partial charge in [-0.1, -0.05) is 78.4 Å². The van der Waals surface area contributed by atoms with Crippen molar-refractivity contribution in [2.75, 3.05) is 0 Å². The molecule has 0 aliphatic rings. The van der Waals surface area contributed by atoms with Crippen LogP contribution >= 0.6 is 7.14 Å². The summed E-state index contributed by atoms with van der Waals surface area (Å²) in [5.41, 5.74) is 3.12. The van der Waals surface area contributed by atoms with Gasteiger partial charge in [-0.15, -0.1) is 0 Å². The van der Waals surface area contributed by atoms with E-state index in [4.69, 9.17) is 0 Å². The first-order valence-electron chi connectivity index (χ1n) is 8.28. The summed E-state index contributed by atoms with van der Waals surface area (Å²) < 4.78 is 14.2. The van der Waals surface area contributed by atoms with Gasteiger partial charge < -0.3 is 4.57 Å². The van der Waals surface area contributed by atoms with E-state index < -0.39 is 7.14 Å². The van der Waals surface area contributed by atoms with Crippen LogP contribution in [0.4, 0.5) is 0 Å². The SMILES string of the molecule is Cc1cc(C)c(C(=O)P(=O)(c2ccccc2)c2ccccc2)c(C)c1.[KH]. The van der Waals surface area contributed by atoms with Crippen LogP contribution < -0.4 is 10.6 Å². The molecule has 0 amide bonds. The van der Waals surface area contributed by atoms with E-state index in [1.54, 1.807) is 24.3 Å². The number of benzene rings is 3. The Morgan fingerprint density at radius 3 is 1.50 bits per heavy atom. The zero-order valence-electron chi connectivity index (χ0n) is 14.7. The Morgan fingerprint density at radius 2 is 1.12 bits per heavy atom. The third-order valence-electron chi connectivity index (χ3n) is 4.42. The molecule has 0 saturated carbocycles. The molecule has 0 N–H and O–H groups in total. The molecule has 2 nitrogen and oxygen atoms in total. The molecule has 0 aromatic heterocycles. The molecule has 3 rings (SSSR count). The molecule has 0 bridgehead atoms. The van der Waals surface area contributed by atoms with E-state index in [9.17, 15) is 9.36 Å². The molecule has 0 saturated heterocycles. The van der Waals surface area contributed by atoms with E-state index in [0.717, 1.165) is 16.7 Å². The Hall–Kier alpha value is -0.804. The Kier molecular flexibility index (Phi) is 7.38. The van der Waals surface area contributed by atoms with Gasteiger partial charge in [0.2, 0.25) is 12.7 Å². The van der Waals surface area contributed by atoms with E-state index in [1.807, 2.05) is 69.3 Å². The Balaban J connectivity index is 0.00000243. The van der Waals surface area contributed by atoms with Crippen molar-refractivity contribution in [1.29, 1.82) is 0 Å².